The van der Waals surface area contributed by atoms with Crippen LogP contribution in [-0.4, -0.2) is 90.6 Å². The lowest BCUT2D eigenvalue weighted by atomic mass is 9.84. The van der Waals surface area contributed by atoms with Crippen LogP contribution >= 0.6 is 0 Å². The largest absolute Gasteiger partial charge is 0.490 e. The van der Waals surface area contributed by atoms with Gasteiger partial charge in [0.25, 0.3) is 0 Å². The van der Waals surface area contributed by atoms with Gasteiger partial charge in [0.2, 0.25) is 0 Å². The Bertz CT molecular complexity index is 1880. The molecule has 0 unspecified atom stereocenters. The van der Waals surface area contributed by atoms with Crippen molar-refractivity contribution >= 4 is 18.0 Å². The van der Waals surface area contributed by atoms with Crippen molar-refractivity contribution in [2.24, 2.45) is 11.8 Å². The third-order valence-corrected chi connectivity index (χ3v) is 14.8. The molecule has 6 aliphatic rings. The van der Waals surface area contributed by atoms with E-state index in [-0.39, 0.29) is 24.1 Å². The number of ether oxygens (including phenoxy) is 2. The minimum atomic E-state index is -5.08. The zero-order valence-corrected chi connectivity index (χ0v) is 37.2. The predicted octanol–water partition coefficient (Wildman–Crippen LogP) is 9.36. The Morgan fingerprint density at radius 1 is 0.538 bits per heavy atom. The van der Waals surface area contributed by atoms with Crippen LogP contribution in [0.1, 0.15) is 136 Å². The van der Waals surface area contributed by atoms with E-state index < -0.39 is 12.1 Å². The molecule has 3 aromatic carbocycles. The van der Waals surface area contributed by atoms with Crippen molar-refractivity contribution in [1.82, 2.24) is 31.1 Å². The minimum absolute atomic E-state index is 0.129. The highest BCUT2D eigenvalue weighted by atomic mass is 19.4. The summed E-state index contributed by atoms with van der Waals surface area (Å²) in [6.07, 6.45) is 11.5. The maximum absolute atomic E-state index is 12.7. The fourth-order valence-electron chi connectivity index (χ4n) is 11.6. The van der Waals surface area contributed by atoms with Crippen molar-refractivity contribution < 1.29 is 42.1 Å². The summed E-state index contributed by atoms with van der Waals surface area (Å²) in [5.41, 5.74) is 6.26. The van der Waals surface area contributed by atoms with Crippen molar-refractivity contribution in [2.75, 3.05) is 39.4 Å². The molecule has 2 saturated heterocycles. The van der Waals surface area contributed by atoms with Crippen LogP contribution in [0.15, 0.2) is 72.8 Å². The Balaban J connectivity index is 0.000000763. The van der Waals surface area contributed by atoms with Crippen molar-refractivity contribution in [3.8, 4) is 11.5 Å². The number of nitrogens with one attached hydrogen (secondary N) is 4. The Labute approximate surface area is 380 Å². The first kappa shape index (κ1) is 46.5. The van der Waals surface area contributed by atoms with E-state index in [4.69, 9.17) is 19.4 Å². The Kier molecular flexibility index (Phi) is 15.4. The number of benzene rings is 3. The molecular formula is C50H65F3N6O6. The summed E-state index contributed by atoms with van der Waals surface area (Å²) in [7, 11) is 0. The van der Waals surface area contributed by atoms with Gasteiger partial charge in [0, 0.05) is 36.3 Å². The highest BCUT2D eigenvalue weighted by molar-refractivity contribution is 5.74. The third kappa shape index (κ3) is 11.7. The standard InChI is InChI=1S/C48H64N6O4.C2HF3O2/c55-47(51-35-17-13-33(14-18-35)25-29-53-41-21-22-42(53)38-8-2-1-7-37(38)41)49-27-31-57-45-11-5-6-12-46(45)58-32-28-50-48(56)52-36-19-15-34(16-20-36)26-30-54-43-23-24-44(54)40-10-4-3-9-39(40)43;3-2(4,5)1(6)7/h1-12,33-36,41-44H,13-32H2,(H2,49,51,55)(H2,50,52,56);(H,6,7)/t33?,34?,35?,36?,41-,42+,43-,44+;. The molecule has 2 aliphatic carbocycles. The number of halogens is 3. The first-order chi connectivity index (χ1) is 31.5. The lowest BCUT2D eigenvalue weighted by Gasteiger charge is -2.31. The molecule has 0 spiro atoms. The highest BCUT2D eigenvalue weighted by Crippen LogP contribution is 2.54. The Morgan fingerprint density at radius 3 is 1.18 bits per heavy atom. The fourth-order valence-corrected chi connectivity index (χ4v) is 11.6. The predicted molar refractivity (Wildman–Crippen MR) is 241 cm³/mol. The first-order valence-electron chi connectivity index (χ1n) is 23.9. The molecule has 5 N–H and O–H groups in total. The van der Waals surface area contributed by atoms with E-state index in [9.17, 15) is 22.8 Å². The topological polar surface area (TPSA) is 144 Å². The number of nitrogens with zero attached hydrogens (tertiary/aromatic N) is 2. The number of urea groups is 2. The van der Waals surface area contributed by atoms with E-state index in [1.807, 2.05) is 24.3 Å². The van der Waals surface area contributed by atoms with Crippen LogP contribution in [-0.2, 0) is 4.79 Å². The molecule has 9 rings (SSSR count). The molecule has 4 bridgehead atoms. The van der Waals surface area contributed by atoms with Gasteiger partial charge < -0.3 is 35.8 Å². The number of carbonyl (C=O) groups excluding carboxylic acids is 2. The number of aliphatic carboxylic acids is 1. The molecule has 352 valence electrons. The van der Waals surface area contributed by atoms with Gasteiger partial charge in [-0.25, -0.2) is 14.4 Å². The molecule has 4 atom stereocenters. The quantitative estimate of drug-likeness (QED) is 0.0896. The summed E-state index contributed by atoms with van der Waals surface area (Å²) < 4.78 is 43.7. The van der Waals surface area contributed by atoms with Crippen LogP contribution in [0, 0.1) is 11.8 Å². The summed E-state index contributed by atoms with van der Waals surface area (Å²) in [6.45, 7) is 3.83. The van der Waals surface area contributed by atoms with Gasteiger partial charge in [-0.05, 0) is 149 Å². The van der Waals surface area contributed by atoms with Crippen LogP contribution in [0.4, 0.5) is 22.8 Å². The molecule has 0 aromatic heterocycles. The number of hydrogen-bond acceptors (Lipinski definition) is 7. The second-order valence-electron chi connectivity index (χ2n) is 18.7. The van der Waals surface area contributed by atoms with Crippen LogP contribution < -0.4 is 30.7 Å². The van der Waals surface area contributed by atoms with Gasteiger partial charge in [-0.1, -0.05) is 60.7 Å². The van der Waals surface area contributed by atoms with Gasteiger partial charge >= 0.3 is 24.2 Å². The van der Waals surface area contributed by atoms with Crippen molar-refractivity contribution in [1.29, 1.82) is 0 Å². The lowest BCUT2D eigenvalue weighted by molar-refractivity contribution is -0.192. The summed E-state index contributed by atoms with van der Waals surface area (Å²) in [5.74, 6) is -0.0256. The minimum Gasteiger partial charge on any atom is -0.488 e. The number of amides is 4. The van der Waals surface area contributed by atoms with Crippen LogP contribution in [0.5, 0.6) is 11.5 Å². The average Bonchev–Trinajstić information content (AvgIpc) is 4.07. The van der Waals surface area contributed by atoms with E-state index in [2.05, 4.69) is 79.6 Å². The van der Waals surface area contributed by atoms with Gasteiger partial charge in [0.05, 0.1) is 13.1 Å². The average molecular weight is 903 g/mol. The molecule has 4 fully saturated rings. The van der Waals surface area contributed by atoms with Gasteiger partial charge in [0.1, 0.15) is 13.2 Å². The lowest BCUT2D eigenvalue weighted by Crippen LogP contribution is -2.44. The number of para-hydroxylation sites is 2. The summed E-state index contributed by atoms with van der Waals surface area (Å²) in [5, 5.41) is 19.4. The monoisotopic (exact) mass is 902 g/mol. The molecule has 12 nitrogen and oxygen atoms in total. The molecule has 3 aromatic rings. The molecule has 15 heteroatoms. The molecule has 65 heavy (non-hydrogen) atoms. The number of rotatable bonds is 16. The van der Waals surface area contributed by atoms with Crippen molar-refractivity contribution in [3.63, 3.8) is 0 Å². The number of carboxylic acid groups (broad SMARTS) is 1. The molecule has 4 heterocycles. The van der Waals surface area contributed by atoms with Crippen LogP contribution in [0.25, 0.3) is 0 Å². The molecule has 4 amide bonds. The van der Waals surface area contributed by atoms with Gasteiger partial charge in [0.15, 0.2) is 11.5 Å². The van der Waals surface area contributed by atoms with Gasteiger partial charge in [-0.3, -0.25) is 9.80 Å². The van der Waals surface area contributed by atoms with Crippen molar-refractivity contribution in [2.45, 2.75) is 132 Å². The van der Waals surface area contributed by atoms with Gasteiger partial charge in [-0.15, -0.1) is 0 Å². The first-order valence-corrected chi connectivity index (χ1v) is 23.9. The van der Waals surface area contributed by atoms with E-state index in [0.29, 0.717) is 62.0 Å². The van der Waals surface area contributed by atoms with Crippen LogP contribution in [0.2, 0.25) is 0 Å². The number of fused-ring (bicyclic) bond motifs is 10. The van der Waals surface area contributed by atoms with E-state index >= 15 is 0 Å². The van der Waals surface area contributed by atoms with E-state index in [1.54, 1.807) is 22.3 Å². The Morgan fingerprint density at radius 2 is 0.862 bits per heavy atom. The smallest absolute Gasteiger partial charge is 0.488 e. The third-order valence-electron chi connectivity index (χ3n) is 14.8. The maximum Gasteiger partial charge on any atom is 0.490 e. The SMILES string of the molecule is O=C(NCCOc1ccccc1OCCNC(=O)NC1CCC(CCN2[C@@H]3CC[C@H]2c2ccccc23)CC1)NC1CCC(CCN2[C@@H]3CC[C@H]2c2ccccc23)CC1.O=C(O)C(F)(F)F. The molecule has 4 aliphatic heterocycles. The second kappa shape index (κ2) is 21.5. The normalized spacial score (nSPS) is 26.6. The summed E-state index contributed by atoms with van der Waals surface area (Å²) in [4.78, 5) is 39.8. The molecular weight excluding hydrogens is 838 g/mol. The second-order valence-corrected chi connectivity index (χ2v) is 18.7. The Hall–Kier alpha value is -5.02. The zero-order chi connectivity index (χ0) is 45.3. The number of carboxylic acids is 1. The van der Waals surface area contributed by atoms with E-state index in [1.165, 1.54) is 77.3 Å². The molecule has 0 radical (unpaired) electrons. The highest BCUT2D eigenvalue weighted by Gasteiger charge is 2.44. The van der Waals surface area contributed by atoms with E-state index in [0.717, 1.165) is 37.5 Å². The number of carbonyl (C=O) groups is 3. The van der Waals surface area contributed by atoms with Gasteiger partial charge in [-0.2, -0.15) is 13.2 Å². The zero-order valence-electron chi connectivity index (χ0n) is 37.2. The summed E-state index contributed by atoms with van der Waals surface area (Å²) >= 11 is 0. The maximum atomic E-state index is 12.7. The number of alkyl halides is 3. The van der Waals surface area contributed by atoms with Crippen molar-refractivity contribution in [3.05, 3.63) is 95.1 Å². The number of hydrogen-bond donors (Lipinski definition) is 5. The summed E-state index contributed by atoms with van der Waals surface area (Å²) in [6, 6.07) is 28.3. The van der Waals surface area contributed by atoms with Crippen LogP contribution in [0.3, 0.4) is 0 Å². The molecule has 2 saturated carbocycles. The fraction of sp³-hybridized carbons (Fsp3) is 0.580.